The van der Waals surface area contributed by atoms with Crippen molar-refractivity contribution < 1.29 is 9.34 Å². The zero-order valence-corrected chi connectivity index (χ0v) is 7.66. The van der Waals surface area contributed by atoms with Gasteiger partial charge in [-0.25, -0.2) is 4.68 Å². The average Bonchev–Trinajstić information content (AvgIpc) is 2.86. The molecular formula is C8H8N4O3. The summed E-state index contributed by atoms with van der Waals surface area (Å²) >= 11 is 0. The molecule has 0 aliphatic rings. The van der Waals surface area contributed by atoms with E-state index < -0.39 is 4.92 Å². The van der Waals surface area contributed by atoms with E-state index in [0.717, 1.165) is 6.20 Å². The number of nitro groups is 1. The molecule has 2 aromatic rings. The first-order valence-corrected chi connectivity index (χ1v) is 4.19. The van der Waals surface area contributed by atoms with E-state index >= 15 is 0 Å². The van der Waals surface area contributed by atoms with E-state index in [0.29, 0.717) is 11.6 Å². The molecule has 2 aromatic heterocycles. The van der Waals surface area contributed by atoms with Crippen LogP contribution in [0.1, 0.15) is 5.76 Å². The minimum atomic E-state index is -0.518. The Bertz CT molecular complexity index is 488. The molecule has 0 aromatic carbocycles. The molecule has 7 nitrogen and oxygen atoms in total. The molecule has 0 spiro atoms. The number of aromatic nitrogens is 2. The van der Waals surface area contributed by atoms with Gasteiger partial charge < -0.3 is 10.2 Å². The molecule has 0 saturated carbocycles. The second-order valence-electron chi connectivity index (χ2n) is 2.84. The molecule has 78 valence electrons. The Morgan fingerprint density at radius 2 is 2.40 bits per heavy atom. The van der Waals surface area contributed by atoms with Crippen LogP contribution in [-0.2, 0) is 6.54 Å². The summed E-state index contributed by atoms with van der Waals surface area (Å²) in [5.74, 6) is 1.01. The lowest BCUT2D eigenvalue weighted by Crippen LogP contribution is -1.94. The summed E-state index contributed by atoms with van der Waals surface area (Å²) in [6, 6.07) is 3.35. The second kappa shape index (κ2) is 3.54. The second-order valence-corrected chi connectivity index (χ2v) is 2.84. The maximum atomic E-state index is 10.4. The first kappa shape index (κ1) is 9.41. The van der Waals surface area contributed by atoms with Crippen LogP contribution in [0.25, 0.3) is 5.88 Å². The van der Waals surface area contributed by atoms with E-state index in [-0.39, 0.29) is 12.2 Å². The Labute approximate surface area is 84.2 Å². The van der Waals surface area contributed by atoms with Gasteiger partial charge >= 0.3 is 5.69 Å². The molecule has 0 radical (unpaired) electrons. The molecule has 0 atom stereocenters. The Morgan fingerprint density at radius 1 is 1.60 bits per heavy atom. The third-order valence-corrected chi connectivity index (χ3v) is 1.85. The molecule has 0 bridgehead atoms. The van der Waals surface area contributed by atoms with Crippen molar-refractivity contribution in [1.82, 2.24) is 9.78 Å². The molecule has 0 fully saturated rings. The smallest absolute Gasteiger partial charge is 0.307 e. The van der Waals surface area contributed by atoms with E-state index in [2.05, 4.69) is 5.10 Å². The average molecular weight is 208 g/mol. The zero-order valence-electron chi connectivity index (χ0n) is 7.66. The van der Waals surface area contributed by atoms with Gasteiger partial charge in [0.2, 0.25) is 5.88 Å². The van der Waals surface area contributed by atoms with Gasteiger partial charge in [0.15, 0.2) is 0 Å². The fourth-order valence-electron chi connectivity index (χ4n) is 1.13. The normalized spacial score (nSPS) is 10.5. The van der Waals surface area contributed by atoms with Gasteiger partial charge in [-0.1, -0.05) is 0 Å². The lowest BCUT2D eigenvalue weighted by molar-refractivity contribution is -0.384. The molecule has 15 heavy (non-hydrogen) atoms. The summed E-state index contributed by atoms with van der Waals surface area (Å²) in [5.41, 5.74) is 5.28. The molecule has 2 N–H and O–H groups in total. The predicted molar refractivity (Wildman–Crippen MR) is 50.4 cm³/mol. The molecule has 0 aliphatic heterocycles. The maximum Gasteiger partial charge on any atom is 0.307 e. The highest BCUT2D eigenvalue weighted by Gasteiger charge is 2.11. The fourth-order valence-corrected chi connectivity index (χ4v) is 1.13. The van der Waals surface area contributed by atoms with Crippen LogP contribution >= 0.6 is 0 Å². The highest BCUT2D eigenvalue weighted by molar-refractivity contribution is 5.28. The standard InChI is InChI=1S/C8H8N4O3/c9-3-7-1-2-8(15-7)11-5-6(4-10-11)12(13)14/h1-2,4-5H,3,9H2. The minimum Gasteiger partial charge on any atom is -0.442 e. The van der Waals surface area contributed by atoms with Crippen LogP contribution in [0, 0.1) is 10.1 Å². The van der Waals surface area contributed by atoms with Crippen molar-refractivity contribution in [3.8, 4) is 5.88 Å². The number of hydrogen-bond acceptors (Lipinski definition) is 5. The lowest BCUT2D eigenvalue weighted by Gasteiger charge is -1.93. The van der Waals surface area contributed by atoms with Crippen LogP contribution in [0.2, 0.25) is 0 Å². The number of nitrogens with zero attached hydrogens (tertiary/aromatic N) is 3. The first-order valence-electron chi connectivity index (χ1n) is 4.19. The monoisotopic (exact) mass is 208 g/mol. The highest BCUT2D eigenvalue weighted by Crippen LogP contribution is 2.15. The maximum absolute atomic E-state index is 10.4. The van der Waals surface area contributed by atoms with Gasteiger partial charge in [0.05, 0.1) is 11.5 Å². The lowest BCUT2D eigenvalue weighted by atomic mass is 10.4. The van der Waals surface area contributed by atoms with Crippen molar-refractivity contribution in [2.24, 2.45) is 5.73 Å². The molecule has 0 aliphatic carbocycles. The molecule has 2 heterocycles. The Hall–Kier alpha value is -2.15. The van der Waals surface area contributed by atoms with Crippen LogP contribution < -0.4 is 5.73 Å². The number of rotatable bonds is 3. The summed E-state index contributed by atoms with van der Waals surface area (Å²) in [5, 5.41) is 14.2. The molecule has 0 saturated heterocycles. The number of hydrogen-bond donors (Lipinski definition) is 1. The summed E-state index contributed by atoms with van der Waals surface area (Å²) in [4.78, 5) is 9.89. The predicted octanol–water partition coefficient (Wildman–Crippen LogP) is 0.832. The van der Waals surface area contributed by atoms with E-state index in [1.54, 1.807) is 12.1 Å². The molecule has 2 rings (SSSR count). The zero-order chi connectivity index (χ0) is 10.8. The third kappa shape index (κ3) is 1.72. The first-order chi connectivity index (χ1) is 7.20. The van der Waals surface area contributed by atoms with Crippen LogP contribution in [0.3, 0.4) is 0 Å². The molecular weight excluding hydrogens is 200 g/mol. The topological polar surface area (TPSA) is 100 Å². The van der Waals surface area contributed by atoms with Crippen molar-refractivity contribution in [3.05, 3.63) is 40.4 Å². The molecule has 0 unspecified atom stereocenters. The van der Waals surface area contributed by atoms with Crippen LogP contribution in [-0.4, -0.2) is 14.7 Å². The largest absolute Gasteiger partial charge is 0.442 e. The van der Waals surface area contributed by atoms with Crippen molar-refractivity contribution in [1.29, 1.82) is 0 Å². The van der Waals surface area contributed by atoms with Gasteiger partial charge in [0, 0.05) is 6.07 Å². The van der Waals surface area contributed by atoms with Crippen molar-refractivity contribution in [2.75, 3.05) is 0 Å². The van der Waals surface area contributed by atoms with Gasteiger partial charge in [0.1, 0.15) is 18.2 Å². The number of furan rings is 1. The Kier molecular flexibility index (Phi) is 2.22. The van der Waals surface area contributed by atoms with Gasteiger partial charge in [-0.2, -0.15) is 5.10 Å². The van der Waals surface area contributed by atoms with Gasteiger partial charge in [-0.3, -0.25) is 10.1 Å². The van der Waals surface area contributed by atoms with Crippen molar-refractivity contribution in [3.63, 3.8) is 0 Å². The quantitative estimate of drug-likeness (QED) is 0.594. The van der Waals surface area contributed by atoms with E-state index in [4.69, 9.17) is 10.2 Å². The fraction of sp³-hybridized carbons (Fsp3) is 0.125. The minimum absolute atomic E-state index is 0.0827. The van der Waals surface area contributed by atoms with Crippen LogP contribution in [0.4, 0.5) is 5.69 Å². The third-order valence-electron chi connectivity index (χ3n) is 1.85. The van der Waals surface area contributed by atoms with Crippen molar-refractivity contribution in [2.45, 2.75) is 6.54 Å². The van der Waals surface area contributed by atoms with Crippen molar-refractivity contribution >= 4 is 5.69 Å². The van der Waals surface area contributed by atoms with Gasteiger partial charge in [0.25, 0.3) is 0 Å². The molecule has 0 amide bonds. The van der Waals surface area contributed by atoms with E-state index in [1.165, 1.54) is 10.9 Å². The van der Waals surface area contributed by atoms with Crippen LogP contribution in [0.5, 0.6) is 0 Å². The number of nitrogens with two attached hydrogens (primary N) is 1. The summed E-state index contributed by atoms with van der Waals surface area (Å²) < 4.78 is 6.55. The van der Waals surface area contributed by atoms with Crippen LogP contribution in [0.15, 0.2) is 28.9 Å². The molecule has 7 heteroatoms. The van der Waals surface area contributed by atoms with Gasteiger partial charge in [-0.05, 0) is 6.07 Å². The summed E-state index contributed by atoms with van der Waals surface area (Å²) in [6.45, 7) is 0.281. The highest BCUT2D eigenvalue weighted by atomic mass is 16.6. The SMILES string of the molecule is NCc1ccc(-n2cc([N+](=O)[O-])cn2)o1. The van der Waals surface area contributed by atoms with Gasteiger partial charge in [-0.15, -0.1) is 0 Å². The summed E-state index contributed by atoms with van der Waals surface area (Å²) in [7, 11) is 0. The Morgan fingerprint density at radius 3 is 2.93 bits per heavy atom. The Balaban J connectivity index is 2.32. The van der Waals surface area contributed by atoms with E-state index in [9.17, 15) is 10.1 Å². The summed E-state index contributed by atoms with van der Waals surface area (Å²) in [6.07, 6.45) is 2.43. The van der Waals surface area contributed by atoms with E-state index in [1.807, 2.05) is 0 Å².